The SMILES string of the molecule is C[C@@H](NC(=O)c1cccc(-c2cnc(N)c(C(=O)N[C@H]3CCNC3)n2)c1)c1ccccc1. The van der Waals surface area contributed by atoms with Gasteiger partial charge in [0.15, 0.2) is 11.5 Å². The van der Waals surface area contributed by atoms with Gasteiger partial charge in [-0.1, -0.05) is 42.5 Å². The summed E-state index contributed by atoms with van der Waals surface area (Å²) in [5.74, 6) is -0.475. The van der Waals surface area contributed by atoms with Crippen LogP contribution in [0.3, 0.4) is 0 Å². The molecule has 0 unspecified atom stereocenters. The van der Waals surface area contributed by atoms with Crippen LogP contribution >= 0.6 is 0 Å². The summed E-state index contributed by atoms with van der Waals surface area (Å²) < 4.78 is 0. The molecular weight excluding hydrogens is 404 g/mol. The van der Waals surface area contributed by atoms with E-state index in [1.165, 1.54) is 6.20 Å². The number of amides is 2. The number of carbonyl (C=O) groups excluding carboxylic acids is 2. The van der Waals surface area contributed by atoms with E-state index in [2.05, 4.69) is 25.9 Å². The lowest BCUT2D eigenvalue weighted by molar-refractivity contribution is 0.0929. The van der Waals surface area contributed by atoms with Gasteiger partial charge in [-0.3, -0.25) is 9.59 Å². The van der Waals surface area contributed by atoms with E-state index in [0.717, 1.165) is 25.1 Å². The molecule has 1 aromatic heterocycles. The lowest BCUT2D eigenvalue weighted by Crippen LogP contribution is -2.37. The number of rotatable bonds is 6. The van der Waals surface area contributed by atoms with E-state index in [1.54, 1.807) is 18.2 Å². The van der Waals surface area contributed by atoms with Gasteiger partial charge in [-0.25, -0.2) is 9.97 Å². The fraction of sp³-hybridized carbons (Fsp3) is 0.250. The lowest BCUT2D eigenvalue weighted by Gasteiger charge is -2.15. The number of anilines is 1. The molecule has 3 aromatic rings. The lowest BCUT2D eigenvalue weighted by atomic mass is 10.1. The van der Waals surface area contributed by atoms with E-state index in [9.17, 15) is 9.59 Å². The van der Waals surface area contributed by atoms with E-state index >= 15 is 0 Å². The van der Waals surface area contributed by atoms with E-state index in [1.807, 2.05) is 43.3 Å². The normalized spacial score (nSPS) is 16.3. The van der Waals surface area contributed by atoms with Gasteiger partial charge in [0.25, 0.3) is 11.8 Å². The molecule has 5 N–H and O–H groups in total. The Balaban J connectivity index is 1.52. The predicted molar refractivity (Wildman–Crippen MR) is 123 cm³/mol. The van der Waals surface area contributed by atoms with E-state index in [4.69, 9.17) is 5.73 Å². The molecule has 32 heavy (non-hydrogen) atoms. The summed E-state index contributed by atoms with van der Waals surface area (Å²) in [5, 5.41) is 9.14. The number of nitrogen functional groups attached to an aromatic ring is 1. The van der Waals surface area contributed by atoms with E-state index in [0.29, 0.717) is 16.8 Å². The molecule has 0 bridgehead atoms. The van der Waals surface area contributed by atoms with Gasteiger partial charge < -0.3 is 21.7 Å². The maximum absolute atomic E-state index is 12.8. The first-order valence-electron chi connectivity index (χ1n) is 10.6. The van der Waals surface area contributed by atoms with Crippen molar-refractivity contribution >= 4 is 17.6 Å². The summed E-state index contributed by atoms with van der Waals surface area (Å²) in [5.41, 5.74) is 8.66. The van der Waals surface area contributed by atoms with Crippen molar-refractivity contribution in [1.82, 2.24) is 25.9 Å². The summed E-state index contributed by atoms with van der Waals surface area (Å²) in [6.07, 6.45) is 2.37. The van der Waals surface area contributed by atoms with Crippen molar-refractivity contribution in [3.05, 3.63) is 77.6 Å². The van der Waals surface area contributed by atoms with Crippen LogP contribution in [0.25, 0.3) is 11.3 Å². The molecule has 1 saturated heterocycles. The minimum atomic E-state index is -0.351. The van der Waals surface area contributed by atoms with Crippen LogP contribution in [0.4, 0.5) is 5.82 Å². The molecule has 0 spiro atoms. The van der Waals surface area contributed by atoms with Gasteiger partial charge in [-0.2, -0.15) is 0 Å². The van der Waals surface area contributed by atoms with Crippen LogP contribution in [0.5, 0.6) is 0 Å². The fourth-order valence-electron chi connectivity index (χ4n) is 3.66. The molecular formula is C24H26N6O2. The highest BCUT2D eigenvalue weighted by molar-refractivity contribution is 5.97. The second-order valence-electron chi connectivity index (χ2n) is 7.84. The predicted octanol–water partition coefficient (Wildman–Crippen LogP) is 2.31. The molecule has 1 aliphatic heterocycles. The quantitative estimate of drug-likeness (QED) is 0.476. The van der Waals surface area contributed by atoms with Crippen molar-refractivity contribution in [1.29, 1.82) is 0 Å². The zero-order valence-electron chi connectivity index (χ0n) is 17.8. The standard InChI is InChI=1S/C24H26N6O2/c1-15(16-6-3-2-4-7-16)28-23(31)18-9-5-8-17(12-18)20-14-27-22(25)21(30-20)24(32)29-19-10-11-26-13-19/h2-9,12,14-15,19,26H,10-11,13H2,1H3,(H2,25,27)(H,28,31)(H,29,32)/t15-,19+/m1/s1. The number of nitrogens with two attached hydrogens (primary N) is 1. The van der Waals surface area contributed by atoms with Crippen LogP contribution in [-0.2, 0) is 0 Å². The third-order valence-electron chi connectivity index (χ3n) is 5.48. The highest BCUT2D eigenvalue weighted by Gasteiger charge is 2.21. The number of nitrogens with zero attached hydrogens (tertiary/aromatic N) is 2. The smallest absolute Gasteiger partial charge is 0.274 e. The minimum Gasteiger partial charge on any atom is -0.382 e. The van der Waals surface area contributed by atoms with Gasteiger partial charge in [0.05, 0.1) is 17.9 Å². The van der Waals surface area contributed by atoms with E-state index < -0.39 is 0 Å². The summed E-state index contributed by atoms with van der Waals surface area (Å²) in [4.78, 5) is 34.0. The topological polar surface area (TPSA) is 122 Å². The summed E-state index contributed by atoms with van der Waals surface area (Å²) >= 11 is 0. The molecule has 1 aliphatic rings. The van der Waals surface area contributed by atoms with E-state index in [-0.39, 0.29) is 35.4 Å². The molecule has 1 fully saturated rings. The monoisotopic (exact) mass is 430 g/mol. The molecule has 8 heteroatoms. The molecule has 4 rings (SSSR count). The van der Waals surface area contributed by atoms with Gasteiger partial charge in [-0.05, 0) is 37.6 Å². The summed E-state index contributed by atoms with van der Waals surface area (Å²) in [6, 6.07) is 16.7. The van der Waals surface area contributed by atoms with Gasteiger partial charge in [0, 0.05) is 23.7 Å². The molecule has 164 valence electrons. The zero-order valence-corrected chi connectivity index (χ0v) is 17.8. The van der Waals surface area contributed by atoms with Crippen LogP contribution in [0, 0.1) is 0 Å². The third kappa shape index (κ3) is 4.92. The van der Waals surface area contributed by atoms with Gasteiger partial charge in [0.1, 0.15) is 0 Å². The molecule has 8 nitrogen and oxygen atoms in total. The van der Waals surface area contributed by atoms with Crippen LogP contribution < -0.4 is 21.7 Å². The Hall–Kier alpha value is -3.78. The molecule has 2 heterocycles. The molecule has 0 aliphatic carbocycles. The zero-order chi connectivity index (χ0) is 22.5. The highest BCUT2D eigenvalue weighted by Crippen LogP contribution is 2.21. The largest absolute Gasteiger partial charge is 0.382 e. The third-order valence-corrected chi connectivity index (χ3v) is 5.48. The fourth-order valence-corrected chi connectivity index (χ4v) is 3.66. The van der Waals surface area contributed by atoms with Crippen molar-refractivity contribution in [2.75, 3.05) is 18.8 Å². The Kier molecular flexibility index (Phi) is 6.42. The molecule has 2 aromatic carbocycles. The van der Waals surface area contributed by atoms with Crippen LogP contribution in [0.15, 0.2) is 60.8 Å². The van der Waals surface area contributed by atoms with Crippen molar-refractivity contribution in [2.45, 2.75) is 25.4 Å². The van der Waals surface area contributed by atoms with Crippen LogP contribution in [0.2, 0.25) is 0 Å². The van der Waals surface area contributed by atoms with Crippen LogP contribution in [0.1, 0.15) is 45.8 Å². The Labute approximate surface area is 186 Å². The van der Waals surface area contributed by atoms with Gasteiger partial charge in [-0.15, -0.1) is 0 Å². The number of carbonyl (C=O) groups is 2. The first-order valence-corrected chi connectivity index (χ1v) is 10.6. The molecule has 2 amide bonds. The first-order chi connectivity index (χ1) is 15.5. The second kappa shape index (κ2) is 9.57. The number of aromatic nitrogens is 2. The summed E-state index contributed by atoms with van der Waals surface area (Å²) in [6.45, 7) is 3.52. The number of hydrogen-bond donors (Lipinski definition) is 4. The Morgan fingerprint density at radius 1 is 1.12 bits per heavy atom. The second-order valence-corrected chi connectivity index (χ2v) is 7.84. The van der Waals surface area contributed by atoms with Gasteiger partial charge >= 0.3 is 0 Å². The van der Waals surface area contributed by atoms with Crippen molar-refractivity contribution in [2.24, 2.45) is 0 Å². The van der Waals surface area contributed by atoms with Crippen molar-refractivity contribution in [3.8, 4) is 11.3 Å². The maximum Gasteiger partial charge on any atom is 0.274 e. The number of hydrogen-bond acceptors (Lipinski definition) is 6. The minimum absolute atomic E-state index is 0.0472. The molecule has 0 radical (unpaired) electrons. The highest BCUT2D eigenvalue weighted by atomic mass is 16.2. The Morgan fingerprint density at radius 3 is 2.69 bits per heavy atom. The summed E-state index contributed by atoms with van der Waals surface area (Å²) in [7, 11) is 0. The average Bonchev–Trinajstić information content (AvgIpc) is 3.33. The van der Waals surface area contributed by atoms with Crippen LogP contribution in [-0.4, -0.2) is 40.9 Å². The van der Waals surface area contributed by atoms with Gasteiger partial charge in [0.2, 0.25) is 0 Å². The Bertz CT molecular complexity index is 1110. The molecule has 2 atom stereocenters. The number of nitrogens with one attached hydrogen (secondary N) is 3. The Morgan fingerprint density at radius 2 is 1.94 bits per heavy atom. The maximum atomic E-state index is 12.8. The first kappa shape index (κ1) is 21.5. The van der Waals surface area contributed by atoms with Crippen molar-refractivity contribution in [3.63, 3.8) is 0 Å². The molecule has 0 saturated carbocycles. The average molecular weight is 431 g/mol. The van der Waals surface area contributed by atoms with Crippen molar-refractivity contribution < 1.29 is 9.59 Å². The number of benzene rings is 2.